The van der Waals surface area contributed by atoms with E-state index in [1.807, 2.05) is 30.3 Å². The fraction of sp³-hybridized carbons (Fsp3) is 0.0952. The maximum Gasteiger partial charge on any atom is 0.264 e. The predicted molar refractivity (Wildman–Crippen MR) is 105 cm³/mol. The average molecular weight is 381 g/mol. The number of sulfonamides is 1. The topological polar surface area (TPSA) is 63.7 Å². The van der Waals surface area contributed by atoms with Gasteiger partial charge in [-0.15, -0.1) is 0 Å². The summed E-state index contributed by atoms with van der Waals surface area (Å²) in [7, 11) is -2.26. The van der Waals surface area contributed by atoms with Crippen LogP contribution in [0.25, 0.3) is 0 Å². The highest BCUT2D eigenvalue weighted by Crippen LogP contribution is 2.27. The van der Waals surface area contributed by atoms with Gasteiger partial charge >= 0.3 is 0 Å². The molecule has 0 saturated heterocycles. The number of ether oxygens (including phenoxy) is 1. The van der Waals surface area contributed by atoms with Crippen molar-refractivity contribution in [1.82, 2.24) is 0 Å². The lowest BCUT2D eigenvalue weighted by atomic mass is 10.2. The van der Waals surface area contributed by atoms with E-state index < -0.39 is 10.0 Å². The molecule has 0 aliphatic heterocycles. The molecule has 27 heavy (non-hydrogen) atoms. The predicted octanol–water partition coefficient (Wildman–Crippen LogP) is 3.90. The van der Waals surface area contributed by atoms with Crippen LogP contribution in [-0.2, 0) is 16.6 Å². The van der Waals surface area contributed by atoms with E-state index in [1.165, 1.54) is 28.6 Å². The maximum atomic E-state index is 13.3. The summed E-state index contributed by atoms with van der Waals surface area (Å²) in [6.45, 7) is 0.185. The van der Waals surface area contributed by atoms with E-state index in [-0.39, 0.29) is 11.4 Å². The molecule has 0 saturated carbocycles. The summed E-state index contributed by atoms with van der Waals surface area (Å²) in [6, 6.07) is 22.1. The van der Waals surface area contributed by atoms with Gasteiger partial charge in [-0.3, -0.25) is 9.10 Å². The van der Waals surface area contributed by atoms with Crippen LogP contribution in [0.2, 0.25) is 0 Å². The van der Waals surface area contributed by atoms with Crippen molar-refractivity contribution in [3.63, 3.8) is 0 Å². The summed E-state index contributed by atoms with van der Waals surface area (Å²) in [5.41, 5.74) is 1.81. The van der Waals surface area contributed by atoms with Gasteiger partial charge in [0.05, 0.1) is 24.2 Å². The molecule has 6 heteroatoms. The van der Waals surface area contributed by atoms with Crippen LogP contribution < -0.4 is 9.04 Å². The number of rotatable bonds is 7. The molecule has 0 fully saturated rings. The second-order valence-electron chi connectivity index (χ2n) is 5.88. The number of nitrogens with zero attached hydrogens (tertiary/aromatic N) is 1. The lowest BCUT2D eigenvalue weighted by Gasteiger charge is -2.25. The summed E-state index contributed by atoms with van der Waals surface area (Å²) in [4.78, 5) is 11.0. The Hall–Kier alpha value is -3.12. The van der Waals surface area contributed by atoms with Crippen molar-refractivity contribution in [1.29, 1.82) is 0 Å². The Morgan fingerprint density at radius 1 is 0.889 bits per heavy atom. The van der Waals surface area contributed by atoms with E-state index in [9.17, 15) is 13.2 Å². The van der Waals surface area contributed by atoms with Crippen LogP contribution in [0, 0.1) is 0 Å². The van der Waals surface area contributed by atoms with Gasteiger partial charge in [0.1, 0.15) is 12.0 Å². The van der Waals surface area contributed by atoms with Crippen molar-refractivity contribution in [3.05, 3.63) is 90.0 Å². The number of hydrogen-bond acceptors (Lipinski definition) is 4. The van der Waals surface area contributed by atoms with Crippen LogP contribution in [0.3, 0.4) is 0 Å². The number of carbonyl (C=O) groups is 1. The van der Waals surface area contributed by atoms with Gasteiger partial charge in [-0.25, -0.2) is 8.42 Å². The van der Waals surface area contributed by atoms with Crippen LogP contribution in [-0.4, -0.2) is 21.8 Å². The van der Waals surface area contributed by atoms with Gasteiger partial charge < -0.3 is 4.74 Å². The third-order valence-electron chi connectivity index (χ3n) is 4.13. The molecule has 0 spiro atoms. The van der Waals surface area contributed by atoms with Crippen LogP contribution >= 0.6 is 0 Å². The van der Waals surface area contributed by atoms with Crippen molar-refractivity contribution in [2.24, 2.45) is 0 Å². The smallest absolute Gasteiger partial charge is 0.264 e. The molecule has 0 aliphatic carbocycles. The largest absolute Gasteiger partial charge is 0.497 e. The van der Waals surface area contributed by atoms with Crippen molar-refractivity contribution in [2.45, 2.75) is 11.4 Å². The molecule has 0 heterocycles. The minimum Gasteiger partial charge on any atom is -0.497 e. The Morgan fingerprint density at radius 2 is 1.52 bits per heavy atom. The molecule has 3 rings (SSSR count). The van der Waals surface area contributed by atoms with Gasteiger partial charge in [0.2, 0.25) is 0 Å². The van der Waals surface area contributed by atoms with Gasteiger partial charge in [0.15, 0.2) is 0 Å². The first kappa shape index (κ1) is 18.7. The van der Waals surface area contributed by atoms with Crippen LogP contribution in [0.15, 0.2) is 83.8 Å². The van der Waals surface area contributed by atoms with Crippen molar-refractivity contribution in [3.8, 4) is 5.75 Å². The van der Waals surface area contributed by atoms with E-state index in [1.54, 1.807) is 31.4 Å². The zero-order valence-corrected chi connectivity index (χ0v) is 15.6. The van der Waals surface area contributed by atoms with E-state index >= 15 is 0 Å². The first-order valence-electron chi connectivity index (χ1n) is 8.30. The van der Waals surface area contributed by atoms with E-state index in [0.717, 1.165) is 5.56 Å². The fourth-order valence-corrected chi connectivity index (χ4v) is 4.11. The molecule has 0 bridgehead atoms. The number of aldehydes is 1. The van der Waals surface area contributed by atoms with Gasteiger partial charge in [0, 0.05) is 5.56 Å². The normalized spacial score (nSPS) is 11.0. The van der Waals surface area contributed by atoms with Crippen molar-refractivity contribution in [2.75, 3.05) is 11.4 Å². The molecule has 0 amide bonds. The van der Waals surface area contributed by atoms with E-state index in [2.05, 4.69) is 0 Å². The zero-order valence-electron chi connectivity index (χ0n) is 14.8. The molecule has 138 valence electrons. The molecular weight excluding hydrogens is 362 g/mol. The molecule has 0 atom stereocenters. The Bertz CT molecular complexity index is 998. The maximum absolute atomic E-state index is 13.3. The van der Waals surface area contributed by atoms with Crippen LogP contribution in [0.5, 0.6) is 5.75 Å². The second kappa shape index (κ2) is 8.05. The Morgan fingerprint density at radius 3 is 2.07 bits per heavy atom. The summed E-state index contributed by atoms with van der Waals surface area (Å²) >= 11 is 0. The van der Waals surface area contributed by atoms with E-state index in [4.69, 9.17) is 4.74 Å². The molecular formula is C21H19NO4S. The molecule has 3 aromatic carbocycles. The second-order valence-corrected chi connectivity index (χ2v) is 7.74. The van der Waals surface area contributed by atoms with Gasteiger partial charge in [-0.2, -0.15) is 0 Å². The minimum absolute atomic E-state index is 0.125. The SMILES string of the molecule is COc1ccc(N(Cc2ccccc2)S(=O)(=O)c2ccc(C=O)cc2)cc1. The molecule has 0 radical (unpaired) electrons. The third kappa shape index (κ3) is 4.17. The lowest BCUT2D eigenvalue weighted by Crippen LogP contribution is -2.30. The molecule has 0 aliphatic rings. The highest BCUT2D eigenvalue weighted by Gasteiger charge is 2.25. The number of benzene rings is 3. The highest BCUT2D eigenvalue weighted by molar-refractivity contribution is 7.92. The summed E-state index contributed by atoms with van der Waals surface area (Å²) in [5.74, 6) is 0.645. The fourth-order valence-electron chi connectivity index (χ4n) is 2.66. The highest BCUT2D eigenvalue weighted by atomic mass is 32.2. The van der Waals surface area contributed by atoms with Crippen LogP contribution in [0.1, 0.15) is 15.9 Å². The average Bonchev–Trinajstić information content (AvgIpc) is 2.73. The first-order valence-corrected chi connectivity index (χ1v) is 9.74. The summed E-state index contributed by atoms with van der Waals surface area (Å²) in [5, 5.41) is 0. The molecule has 3 aromatic rings. The standard InChI is InChI=1S/C21H19NO4S/c1-26-20-11-9-19(10-12-20)22(15-17-5-3-2-4-6-17)27(24,25)21-13-7-18(16-23)8-14-21/h2-14,16H,15H2,1H3. The zero-order chi connectivity index (χ0) is 19.3. The molecule has 5 nitrogen and oxygen atoms in total. The summed E-state index contributed by atoms with van der Waals surface area (Å²) in [6.07, 6.45) is 0.682. The van der Waals surface area contributed by atoms with Crippen LogP contribution in [0.4, 0.5) is 5.69 Å². The molecule has 0 N–H and O–H groups in total. The number of carbonyl (C=O) groups excluding carboxylic acids is 1. The number of hydrogen-bond donors (Lipinski definition) is 0. The monoisotopic (exact) mass is 381 g/mol. The quantitative estimate of drug-likeness (QED) is 0.582. The Balaban J connectivity index is 2.04. The van der Waals surface area contributed by atoms with Crippen molar-refractivity contribution >= 4 is 22.0 Å². The van der Waals surface area contributed by atoms with E-state index in [0.29, 0.717) is 23.3 Å². The first-order chi connectivity index (χ1) is 13.0. The lowest BCUT2D eigenvalue weighted by molar-refractivity contribution is 0.112. The summed E-state index contributed by atoms with van der Waals surface area (Å²) < 4.78 is 33.1. The van der Waals surface area contributed by atoms with Crippen molar-refractivity contribution < 1.29 is 17.9 Å². The van der Waals surface area contributed by atoms with Gasteiger partial charge in [-0.05, 0) is 42.0 Å². The number of methoxy groups -OCH3 is 1. The Kier molecular flexibility index (Phi) is 5.57. The Labute approximate surface area is 158 Å². The van der Waals surface area contributed by atoms with Gasteiger partial charge in [-0.1, -0.05) is 42.5 Å². The van der Waals surface area contributed by atoms with Gasteiger partial charge in [0.25, 0.3) is 10.0 Å². The number of anilines is 1. The third-order valence-corrected chi connectivity index (χ3v) is 5.92. The minimum atomic E-state index is -3.82. The molecule has 0 unspecified atom stereocenters. The molecule has 0 aromatic heterocycles.